The highest BCUT2D eigenvalue weighted by Gasteiger charge is 2.45. The van der Waals surface area contributed by atoms with Crippen LogP contribution in [0.3, 0.4) is 0 Å². The zero-order chi connectivity index (χ0) is 20.1. The predicted molar refractivity (Wildman–Crippen MR) is 117 cm³/mol. The predicted octanol–water partition coefficient (Wildman–Crippen LogP) is 3.93. The Morgan fingerprint density at radius 2 is 1.90 bits per heavy atom. The third-order valence-corrected chi connectivity index (χ3v) is 7.99. The molecule has 3 saturated carbocycles. The molecule has 29 heavy (non-hydrogen) atoms. The molecule has 0 unspecified atom stereocenters. The second-order valence-corrected chi connectivity index (χ2v) is 9.94. The standard InChI is InChI=1S/C25H41NO3/c27-24(20-7-3-4-8-20)10-9-22-23-17-19(16-21(23)18-25(22)28)6-2-1-5-11-26-12-14-29-15-13-26/h6,9-10,20-25,27-28H,1-5,7-8,11-18H2/t21-,22+,23-,24+,25+/m0/s1. The van der Waals surface area contributed by atoms with E-state index in [1.807, 2.05) is 6.08 Å². The van der Waals surface area contributed by atoms with Gasteiger partial charge in [-0.05, 0) is 75.7 Å². The topological polar surface area (TPSA) is 52.9 Å². The molecule has 0 amide bonds. The molecule has 4 nitrogen and oxygen atoms in total. The quantitative estimate of drug-likeness (QED) is 0.476. The first-order valence-electron chi connectivity index (χ1n) is 12.2. The van der Waals surface area contributed by atoms with Crippen molar-refractivity contribution in [3.05, 3.63) is 23.8 Å². The van der Waals surface area contributed by atoms with Crippen molar-refractivity contribution in [1.82, 2.24) is 4.90 Å². The molecule has 0 aromatic heterocycles. The van der Waals surface area contributed by atoms with Crippen LogP contribution in [0.25, 0.3) is 0 Å². The average molecular weight is 404 g/mol. The van der Waals surface area contributed by atoms with Crippen molar-refractivity contribution in [3.63, 3.8) is 0 Å². The number of rotatable bonds is 8. The van der Waals surface area contributed by atoms with Gasteiger partial charge in [-0.25, -0.2) is 0 Å². The number of nitrogens with zero attached hydrogens (tertiary/aromatic N) is 1. The molecule has 0 radical (unpaired) electrons. The maximum absolute atomic E-state index is 10.6. The third kappa shape index (κ3) is 5.72. The number of ether oxygens (including phenoxy) is 1. The third-order valence-electron chi connectivity index (χ3n) is 7.99. The Bertz CT molecular complexity index is 562. The number of unbranched alkanes of at least 4 members (excludes halogenated alkanes) is 2. The summed E-state index contributed by atoms with van der Waals surface area (Å²) >= 11 is 0. The Morgan fingerprint density at radius 1 is 1.10 bits per heavy atom. The van der Waals surface area contributed by atoms with Crippen LogP contribution in [0.15, 0.2) is 23.8 Å². The normalized spacial score (nSPS) is 36.4. The molecule has 0 spiro atoms. The van der Waals surface area contributed by atoms with Gasteiger partial charge in [-0.2, -0.15) is 0 Å². The van der Waals surface area contributed by atoms with Gasteiger partial charge in [0, 0.05) is 19.0 Å². The van der Waals surface area contributed by atoms with Crippen LogP contribution in [0.1, 0.15) is 64.2 Å². The highest BCUT2D eigenvalue weighted by atomic mass is 16.5. The zero-order valence-corrected chi connectivity index (χ0v) is 18.1. The summed E-state index contributed by atoms with van der Waals surface area (Å²) in [6.07, 6.45) is 18.0. The summed E-state index contributed by atoms with van der Waals surface area (Å²) in [5.41, 5.74) is 1.62. The average Bonchev–Trinajstić information content (AvgIpc) is 3.44. The molecule has 3 aliphatic carbocycles. The molecular weight excluding hydrogens is 362 g/mol. The fraction of sp³-hybridized carbons (Fsp3) is 0.840. The minimum Gasteiger partial charge on any atom is -0.392 e. The van der Waals surface area contributed by atoms with E-state index in [9.17, 15) is 10.2 Å². The number of hydrogen-bond donors (Lipinski definition) is 2. The van der Waals surface area contributed by atoms with E-state index in [-0.39, 0.29) is 18.1 Å². The molecule has 1 aliphatic heterocycles. The van der Waals surface area contributed by atoms with Gasteiger partial charge in [0.1, 0.15) is 0 Å². The fourth-order valence-corrected chi connectivity index (χ4v) is 6.25. The van der Waals surface area contributed by atoms with Gasteiger partial charge in [-0.1, -0.05) is 36.6 Å². The molecule has 164 valence electrons. The number of fused-ring (bicyclic) bond motifs is 1. The van der Waals surface area contributed by atoms with Crippen LogP contribution in [0, 0.1) is 23.7 Å². The lowest BCUT2D eigenvalue weighted by Gasteiger charge is -2.26. The minimum absolute atomic E-state index is 0.216. The summed E-state index contributed by atoms with van der Waals surface area (Å²) in [6, 6.07) is 0. The number of aliphatic hydroxyl groups excluding tert-OH is 2. The lowest BCUT2D eigenvalue weighted by Crippen LogP contribution is -2.36. The van der Waals surface area contributed by atoms with Crippen molar-refractivity contribution in [2.24, 2.45) is 23.7 Å². The van der Waals surface area contributed by atoms with E-state index >= 15 is 0 Å². The van der Waals surface area contributed by atoms with Crippen LogP contribution in [-0.2, 0) is 4.74 Å². The first-order valence-corrected chi connectivity index (χ1v) is 12.2. The SMILES string of the molecule is O[C@H](C=C[C@@H]1[C@H]2CC(=CCCCCN3CCOCC3)C[C@H]2C[C@H]1O)C1CCCC1. The van der Waals surface area contributed by atoms with E-state index in [2.05, 4.69) is 17.1 Å². The summed E-state index contributed by atoms with van der Waals surface area (Å²) in [7, 11) is 0. The van der Waals surface area contributed by atoms with E-state index in [0.717, 1.165) is 52.0 Å². The van der Waals surface area contributed by atoms with E-state index in [4.69, 9.17) is 4.74 Å². The Labute approximate surface area is 177 Å². The molecule has 5 atom stereocenters. The van der Waals surface area contributed by atoms with Gasteiger partial charge >= 0.3 is 0 Å². The lowest BCUT2D eigenvalue weighted by atomic mass is 9.89. The van der Waals surface area contributed by atoms with Gasteiger partial charge in [0.2, 0.25) is 0 Å². The monoisotopic (exact) mass is 403 g/mol. The van der Waals surface area contributed by atoms with Crippen molar-refractivity contribution in [3.8, 4) is 0 Å². The minimum atomic E-state index is -0.313. The van der Waals surface area contributed by atoms with Crippen molar-refractivity contribution >= 4 is 0 Å². The molecule has 4 rings (SSSR count). The van der Waals surface area contributed by atoms with Crippen LogP contribution in [0.2, 0.25) is 0 Å². The van der Waals surface area contributed by atoms with Crippen LogP contribution in [0.5, 0.6) is 0 Å². The second kappa shape index (κ2) is 10.6. The Hall–Kier alpha value is -0.680. The second-order valence-electron chi connectivity index (χ2n) is 9.94. The van der Waals surface area contributed by atoms with Gasteiger partial charge in [-0.3, -0.25) is 4.90 Å². The first-order chi connectivity index (χ1) is 14.2. The molecule has 0 aromatic carbocycles. The number of morpholine rings is 1. The fourth-order valence-electron chi connectivity index (χ4n) is 6.25. The highest BCUT2D eigenvalue weighted by Crippen LogP contribution is 2.50. The number of aliphatic hydroxyl groups is 2. The van der Waals surface area contributed by atoms with Crippen molar-refractivity contribution < 1.29 is 14.9 Å². The molecule has 4 fully saturated rings. The van der Waals surface area contributed by atoms with Gasteiger partial charge < -0.3 is 14.9 Å². The molecule has 0 aromatic rings. The van der Waals surface area contributed by atoms with Crippen LogP contribution >= 0.6 is 0 Å². The van der Waals surface area contributed by atoms with Gasteiger partial charge in [-0.15, -0.1) is 0 Å². The van der Waals surface area contributed by atoms with Gasteiger partial charge in [0.05, 0.1) is 25.4 Å². The summed E-state index contributed by atoms with van der Waals surface area (Å²) in [4.78, 5) is 2.52. The number of allylic oxidation sites excluding steroid dienone is 2. The molecule has 2 N–H and O–H groups in total. The van der Waals surface area contributed by atoms with E-state index < -0.39 is 0 Å². The molecule has 1 heterocycles. The van der Waals surface area contributed by atoms with E-state index in [1.165, 1.54) is 45.1 Å². The highest BCUT2D eigenvalue weighted by molar-refractivity contribution is 5.18. The van der Waals surface area contributed by atoms with Crippen LogP contribution in [0.4, 0.5) is 0 Å². The van der Waals surface area contributed by atoms with Crippen LogP contribution < -0.4 is 0 Å². The molecular formula is C25H41NO3. The number of hydrogen-bond acceptors (Lipinski definition) is 4. The van der Waals surface area contributed by atoms with E-state index in [0.29, 0.717) is 17.8 Å². The Balaban J connectivity index is 1.20. The van der Waals surface area contributed by atoms with Gasteiger partial charge in [0.25, 0.3) is 0 Å². The first kappa shape index (κ1) is 21.5. The largest absolute Gasteiger partial charge is 0.392 e. The summed E-state index contributed by atoms with van der Waals surface area (Å²) in [5.74, 6) is 1.90. The summed E-state index contributed by atoms with van der Waals surface area (Å²) in [5, 5.41) is 21.0. The van der Waals surface area contributed by atoms with Crippen LogP contribution in [-0.4, -0.2) is 60.2 Å². The molecule has 1 saturated heterocycles. The van der Waals surface area contributed by atoms with E-state index in [1.54, 1.807) is 5.57 Å². The molecule has 0 bridgehead atoms. The van der Waals surface area contributed by atoms with Crippen molar-refractivity contribution in [1.29, 1.82) is 0 Å². The maximum Gasteiger partial charge on any atom is 0.0749 e. The van der Waals surface area contributed by atoms with Crippen molar-refractivity contribution in [2.75, 3.05) is 32.8 Å². The Morgan fingerprint density at radius 3 is 2.69 bits per heavy atom. The Kier molecular flexibility index (Phi) is 7.85. The molecule has 4 heteroatoms. The summed E-state index contributed by atoms with van der Waals surface area (Å²) < 4.78 is 5.42. The maximum atomic E-state index is 10.6. The molecule has 4 aliphatic rings. The van der Waals surface area contributed by atoms with Crippen molar-refractivity contribution in [2.45, 2.75) is 76.4 Å². The lowest BCUT2D eigenvalue weighted by molar-refractivity contribution is 0.0372. The zero-order valence-electron chi connectivity index (χ0n) is 18.1. The van der Waals surface area contributed by atoms with Gasteiger partial charge in [0.15, 0.2) is 0 Å². The smallest absolute Gasteiger partial charge is 0.0749 e. The summed E-state index contributed by atoms with van der Waals surface area (Å²) in [6.45, 7) is 5.19.